The molecule has 32 heavy (non-hydrogen) atoms. The summed E-state index contributed by atoms with van der Waals surface area (Å²) in [6, 6.07) is 20.7. The standard InChI is InChI=1S/C13H12N2OS.C10H11N3O2/c14-13(16)15-10-6-8-12(9-7-10)17-11-4-2-1-3-5-11;1-14-8-3-6-7(4-9(8)15-2)12-5-13-10(6)11/h1-9H,(H3,14,15,16);3-5H,1-2H3,(H2,11,12,13). The average molecular weight is 450 g/mol. The van der Waals surface area contributed by atoms with Crippen molar-refractivity contribution in [1.82, 2.24) is 9.97 Å². The number of urea groups is 1. The number of nitrogens with two attached hydrogens (primary N) is 2. The minimum atomic E-state index is -0.548. The number of carbonyl (C=O) groups excluding carboxylic acids is 1. The van der Waals surface area contributed by atoms with Gasteiger partial charge in [0.2, 0.25) is 0 Å². The van der Waals surface area contributed by atoms with Gasteiger partial charge in [0, 0.05) is 26.9 Å². The van der Waals surface area contributed by atoms with Gasteiger partial charge in [0.25, 0.3) is 0 Å². The third-order valence-electron chi connectivity index (χ3n) is 4.27. The van der Waals surface area contributed by atoms with Crippen LogP contribution >= 0.6 is 11.8 Å². The van der Waals surface area contributed by atoms with Gasteiger partial charge in [-0.2, -0.15) is 0 Å². The van der Waals surface area contributed by atoms with Crippen molar-refractivity contribution >= 4 is 40.2 Å². The van der Waals surface area contributed by atoms with Gasteiger partial charge in [0.05, 0.1) is 19.7 Å². The Balaban J connectivity index is 0.000000182. The molecule has 4 aromatic rings. The number of aromatic nitrogens is 2. The van der Waals surface area contributed by atoms with Gasteiger partial charge in [-0.3, -0.25) is 0 Å². The van der Waals surface area contributed by atoms with E-state index in [0.717, 1.165) is 15.8 Å². The summed E-state index contributed by atoms with van der Waals surface area (Å²) in [6.45, 7) is 0. The highest BCUT2D eigenvalue weighted by Crippen LogP contribution is 2.32. The van der Waals surface area contributed by atoms with Crippen molar-refractivity contribution in [1.29, 1.82) is 0 Å². The van der Waals surface area contributed by atoms with E-state index in [4.69, 9.17) is 20.9 Å². The zero-order valence-electron chi connectivity index (χ0n) is 17.6. The SMILES string of the molecule is COc1cc2ncnc(N)c2cc1OC.NC(=O)Nc1ccc(Sc2ccccc2)cc1. The topological polar surface area (TPSA) is 125 Å². The predicted octanol–water partition coefficient (Wildman–Crippen LogP) is 4.56. The van der Waals surface area contributed by atoms with E-state index in [-0.39, 0.29) is 0 Å². The molecule has 0 aliphatic carbocycles. The molecule has 1 aromatic heterocycles. The number of nitrogens with zero attached hydrogens (tertiary/aromatic N) is 2. The first-order valence-electron chi connectivity index (χ1n) is 9.51. The van der Waals surface area contributed by atoms with E-state index in [9.17, 15) is 4.79 Å². The van der Waals surface area contributed by atoms with E-state index < -0.39 is 6.03 Å². The number of hydrogen-bond donors (Lipinski definition) is 3. The molecular weight excluding hydrogens is 426 g/mol. The van der Waals surface area contributed by atoms with Crippen LogP contribution in [-0.4, -0.2) is 30.2 Å². The van der Waals surface area contributed by atoms with Gasteiger partial charge in [-0.1, -0.05) is 30.0 Å². The van der Waals surface area contributed by atoms with Crippen LogP contribution in [0.15, 0.2) is 82.8 Å². The maximum absolute atomic E-state index is 10.7. The van der Waals surface area contributed by atoms with E-state index in [0.29, 0.717) is 23.0 Å². The molecule has 0 spiro atoms. The predicted molar refractivity (Wildman–Crippen MR) is 127 cm³/mol. The monoisotopic (exact) mass is 449 g/mol. The van der Waals surface area contributed by atoms with Crippen LogP contribution in [0, 0.1) is 0 Å². The number of carbonyl (C=O) groups is 1. The molecule has 0 bridgehead atoms. The van der Waals surface area contributed by atoms with E-state index in [2.05, 4.69) is 27.4 Å². The maximum atomic E-state index is 10.7. The smallest absolute Gasteiger partial charge is 0.316 e. The lowest BCUT2D eigenvalue weighted by atomic mass is 10.2. The number of methoxy groups -OCH3 is 2. The first-order valence-corrected chi connectivity index (χ1v) is 10.3. The molecule has 0 aliphatic rings. The molecule has 5 N–H and O–H groups in total. The molecule has 164 valence electrons. The van der Waals surface area contributed by atoms with Crippen molar-refractivity contribution in [3.63, 3.8) is 0 Å². The summed E-state index contributed by atoms with van der Waals surface area (Å²) >= 11 is 1.67. The Labute approximate surface area is 190 Å². The normalized spacial score (nSPS) is 10.1. The van der Waals surface area contributed by atoms with Crippen LogP contribution in [0.2, 0.25) is 0 Å². The number of ether oxygens (including phenoxy) is 2. The van der Waals surface area contributed by atoms with Gasteiger partial charge in [0.15, 0.2) is 11.5 Å². The first kappa shape index (κ1) is 22.7. The van der Waals surface area contributed by atoms with Gasteiger partial charge < -0.3 is 26.3 Å². The second kappa shape index (κ2) is 10.9. The summed E-state index contributed by atoms with van der Waals surface area (Å²) in [5.74, 6) is 1.68. The molecular formula is C23H23N5O3S. The number of benzene rings is 3. The Bertz CT molecular complexity index is 1190. The molecule has 0 saturated heterocycles. The molecule has 1 heterocycles. The Morgan fingerprint density at radius 3 is 2.16 bits per heavy atom. The second-order valence-corrected chi connectivity index (χ2v) is 7.56. The Morgan fingerprint density at radius 2 is 1.53 bits per heavy atom. The lowest BCUT2D eigenvalue weighted by molar-refractivity contribution is 0.259. The number of nitrogens with one attached hydrogen (secondary N) is 1. The number of rotatable bonds is 5. The highest BCUT2D eigenvalue weighted by molar-refractivity contribution is 7.99. The van der Waals surface area contributed by atoms with E-state index in [1.165, 1.54) is 11.2 Å². The second-order valence-electron chi connectivity index (χ2n) is 6.41. The minimum Gasteiger partial charge on any atom is -0.493 e. The van der Waals surface area contributed by atoms with Crippen LogP contribution in [-0.2, 0) is 0 Å². The molecule has 3 aromatic carbocycles. The van der Waals surface area contributed by atoms with Crippen LogP contribution in [0.4, 0.5) is 16.3 Å². The highest BCUT2D eigenvalue weighted by Gasteiger charge is 2.08. The zero-order chi connectivity index (χ0) is 22.9. The molecule has 0 atom stereocenters. The maximum Gasteiger partial charge on any atom is 0.316 e. The minimum absolute atomic E-state index is 0.431. The molecule has 0 saturated carbocycles. The van der Waals surface area contributed by atoms with Crippen molar-refractivity contribution in [2.75, 3.05) is 25.3 Å². The molecule has 4 rings (SSSR count). The number of nitrogen functional groups attached to an aromatic ring is 1. The summed E-state index contributed by atoms with van der Waals surface area (Å²) in [4.78, 5) is 21.0. The van der Waals surface area contributed by atoms with Crippen molar-refractivity contribution in [3.8, 4) is 11.5 Å². The zero-order valence-corrected chi connectivity index (χ0v) is 18.4. The molecule has 2 amide bonds. The fraction of sp³-hybridized carbons (Fsp3) is 0.0870. The highest BCUT2D eigenvalue weighted by atomic mass is 32.2. The quantitative estimate of drug-likeness (QED) is 0.408. The molecule has 0 unspecified atom stereocenters. The summed E-state index contributed by atoms with van der Waals surface area (Å²) in [6.07, 6.45) is 1.42. The number of primary amides is 1. The van der Waals surface area contributed by atoms with Crippen LogP contribution in [0.1, 0.15) is 0 Å². The summed E-state index contributed by atoms with van der Waals surface area (Å²) in [5, 5.41) is 3.28. The van der Waals surface area contributed by atoms with Gasteiger partial charge in [0.1, 0.15) is 12.1 Å². The van der Waals surface area contributed by atoms with Gasteiger partial charge in [-0.05, 0) is 42.5 Å². The molecule has 9 heteroatoms. The molecule has 8 nitrogen and oxygen atoms in total. The summed E-state index contributed by atoms with van der Waals surface area (Å²) in [7, 11) is 3.15. The van der Waals surface area contributed by atoms with Crippen LogP contribution in [0.3, 0.4) is 0 Å². The Morgan fingerprint density at radius 1 is 0.906 bits per heavy atom. The number of hydrogen-bond acceptors (Lipinski definition) is 7. The third kappa shape index (κ3) is 6.02. The first-order chi connectivity index (χ1) is 15.5. The van der Waals surface area contributed by atoms with E-state index in [1.807, 2.05) is 42.5 Å². The van der Waals surface area contributed by atoms with Crippen molar-refractivity contribution in [2.24, 2.45) is 5.73 Å². The molecule has 0 aliphatic heterocycles. The fourth-order valence-electron chi connectivity index (χ4n) is 2.78. The van der Waals surface area contributed by atoms with Gasteiger partial charge in [-0.15, -0.1) is 0 Å². The van der Waals surface area contributed by atoms with E-state index in [1.54, 1.807) is 38.1 Å². The van der Waals surface area contributed by atoms with Crippen LogP contribution in [0.5, 0.6) is 11.5 Å². The van der Waals surface area contributed by atoms with Crippen LogP contribution in [0.25, 0.3) is 10.9 Å². The Kier molecular flexibility index (Phi) is 7.71. The van der Waals surface area contributed by atoms with E-state index >= 15 is 0 Å². The van der Waals surface area contributed by atoms with Crippen molar-refractivity contribution < 1.29 is 14.3 Å². The van der Waals surface area contributed by atoms with Gasteiger partial charge >= 0.3 is 6.03 Å². The summed E-state index contributed by atoms with van der Waals surface area (Å²) < 4.78 is 10.3. The number of amides is 2. The Hall–Kier alpha value is -3.98. The number of fused-ring (bicyclic) bond motifs is 1. The van der Waals surface area contributed by atoms with Gasteiger partial charge in [-0.25, -0.2) is 14.8 Å². The summed E-state index contributed by atoms with van der Waals surface area (Å²) in [5.41, 5.74) is 12.2. The third-order valence-corrected chi connectivity index (χ3v) is 5.29. The van der Waals surface area contributed by atoms with Crippen LogP contribution < -0.4 is 26.3 Å². The molecule has 0 fully saturated rings. The van der Waals surface area contributed by atoms with Crippen molar-refractivity contribution in [3.05, 3.63) is 73.1 Å². The largest absolute Gasteiger partial charge is 0.493 e. The molecule has 0 radical (unpaired) electrons. The lowest BCUT2D eigenvalue weighted by Crippen LogP contribution is -2.19. The van der Waals surface area contributed by atoms with Crippen molar-refractivity contribution in [2.45, 2.75) is 9.79 Å². The average Bonchev–Trinajstić information content (AvgIpc) is 2.80. The lowest BCUT2D eigenvalue weighted by Gasteiger charge is -2.08. The number of anilines is 2. The fourth-order valence-corrected chi connectivity index (χ4v) is 3.61.